The highest BCUT2D eigenvalue weighted by atomic mass is 16.4. The molecule has 2 amide bonds. The van der Waals surface area contributed by atoms with Gasteiger partial charge in [0, 0.05) is 12.3 Å². The SMILES string of the molecule is C=Cc1cccc2c1-c1ccccc1C2.CCCCC1CC(=O)NC1=O.O=C(O)c1ccccc1. The number of rotatable bonds is 5. The van der Waals surface area contributed by atoms with Crippen LogP contribution in [0.15, 0.2) is 79.4 Å². The van der Waals surface area contributed by atoms with Crippen LogP contribution in [-0.2, 0) is 16.0 Å². The van der Waals surface area contributed by atoms with E-state index in [9.17, 15) is 14.4 Å². The Morgan fingerprint density at radius 1 is 1.00 bits per heavy atom. The van der Waals surface area contributed by atoms with Crippen molar-refractivity contribution in [2.75, 3.05) is 0 Å². The Hall–Kier alpha value is -3.99. The molecule has 1 atom stereocenters. The lowest BCUT2D eigenvalue weighted by Gasteiger charge is -2.04. The molecule has 2 N–H and O–H groups in total. The smallest absolute Gasteiger partial charge is 0.335 e. The van der Waals surface area contributed by atoms with Gasteiger partial charge in [-0.2, -0.15) is 0 Å². The maximum atomic E-state index is 11.0. The summed E-state index contributed by atoms with van der Waals surface area (Å²) in [5, 5.41) is 10.7. The molecular weight excluding hydrogens is 438 g/mol. The van der Waals surface area contributed by atoms with Crippen LogP contribution >= 0.6 is 0 Å². The fraction of sp³-hybridized carbons (Fsp3) is 0.233. The Kier molecular flexibility index (Phi) is 9.13. The van der Waals surface area contributed by atoms with Gasteiger partial charge >= 0.3 is 5.97 Å². The summed E-state index contributed by atoms with van der Waals surface area (Å²) in [6.07, 6.45) is 6.38. The van der Waals surface area contributed by atoms with Crippen molar-refractivity contribution in [3.05, 3.63) is 102 Å². The average molecular weight is 470 g/mol. The third kappa shape index (κ3) is 6.76. The zero-order valence-corrected chi connectivity index (χ0v) is 20.0. The van der Waals surface area contributed by atoms with E-state index in [0.717, 1.165) is 25.7 Å². The van der Waals surface area contributed by atoms with E-state index in [4.69, 9.17) is 5.11 Å². The van der Waals surface area contributed by atoms with Crippen LogP contribution in [0.25, 0.3) is 17.2 Å². The molecule has 180 valence electrons. The van der Waals surface area contributed by atoms with Crippen molar-refractivity contribution in [1.82, 2.24) is 5.32 Å². The number of amides is 2. The molecule has 35 heavy (non-hydrogen) atoms. The summed E-state index contributed by atoms with van der Waals surface area (Å²) in [5.74, 6) is -1.11. The Morgan fingerprint density at radius 2 is 1.69 bits per heavy atom. The standard InChI is InChI=1S/C15H12.C8H13NO2.C7H6O2/c1-2-11-7-5-8-13-10-12-6-3-4-9-14(12)15(11)13;1-2-3-4-6-5-7(10)9-8(6)11;8-7(9)6-4-2-1-3-5-6/h2-9H,1,10H2;6H,2-5H2,1H3,(H,9,10,11);1-5H,(H,8,9). The van der Waals surface area contributed by atoms with Crippen molar-refractivity contribution in [1.29, 1.82) is 0 Å². The number of carboxylic acids is 1. The van der Waals surface area contributed by atoms with Gasteiger partial charge in [0.1, 0.15) is 0 Å². The number of unbranched alkanes of at least 4 members (excludes halogenated alkanes) is 1. The predicted octanol–water partition coefficient (Wildman–Crippen LogP) is 6.12. The van der Waals surface area contributed by atoms with E-state index in [1.807, 2.05) is 6.08 Å². The van der Waals surface area contributed by atoms with E-state index >= 15 is 0 Å². The number of nitrogens with one attached hydrogen (secondary N) is 1. The van der Waals surface area contributed by atoms with Gasteiger partial charge < -0.3 is 5.11 Å². The van der Waals surface area contributed by atoms with Crippen molar-refractivity contribution >= 4 is 23.9 Å². The van der Waals surface area contributed by atoms with Crippen molar-refractivity contribution in [3.63, 3.8) is 0 Å². The number of aromatic carboxylic acids is 1. The number of fused-ring (bicyclic) bond motifs is 3. The van der Waals surface area contributed by atoms with E-state index in [1.165, 1.54) is 27.8 Å². The van der Waals surface area contributed by atoms with Crippen LogP contribution in [0, 0.1) is 5.92 Å². The van der Waals surface area contributed by atoms with E-state index in [1.54, 1.807) is 30.3 Å². The molecule has 1 heterocycles. The van der Waals surface area contributed by atoms with Crippen molar-refractivity contribution in [3.8, 4) is 11.1 Å². The third-order valence-electron chi connectivity index (χ3n) is 6.06. The molecule has 1 unspecified atom stereocenters. The Bertz CT molecular complexity index is 1200. The molecular formula is C30H31NO4. The summed E-state index contributed by atoms with van der Waals surface area (Å²) >= 11 is 0. The van der Waals surface area contributed by atoms with E-state index in [-0.39, 0.29) is 17.7 Å². The second-order valence-corrected chi connectivity index (χ2v) is 8.55. The fourth-order valence-corrected chi connectivity index (χ4v) is 4.26. The summed E-state index contributed by atoms with van der Waals surface area (Å²) in [6, 6.07) is 23.4. The molecule has 3 aromatic rings. The maximum absolute atomic E-state index is 11.0. The minimum absolute atomic E-state index is 0.0394. The Morgan fingerprint density at radius 3 is 2.29 bits per heavy atom. The number of carbonyl (C=O) groups is 3. The van der Waals surface area contributed by atoms with Crippen LogP contribution in [0.4, 0.5) is 0 Å². The van der Waals surface area contributed by atoms with Crippen LogP contribution in [0.1, 0.15) is 59.7 Å². The lowest BCUT2D eigenvalue weighted by atomic mass is 10.00. The molecule has 0 bridgehead atoms. The molecule has 1 saturated heterocycles. The number of benzene rings is 3. The van der Waals surface area contributed by atoms with Gasteiger partial charge in [-0.05, 0) is 52.8 Å². The highest BCUT2D eigenvalue weighted by Gasteiger charge is 2.29. The van der Waals surface area contributed by atoms with Crippen LogP contribution in [0.5, 0.6) is 0 Å². The van der Waals surface area contributed by atoms with E-state index < -0.39 is 5.97 Å². The topological polar surface area (TPSA) is 83.5 Å². The summed E-state index contributed by atoms with van der Waals surface area (Å²) < 4.78 is 0. The molecule has 1 aliphatic heterocycles. The molecule has 0 radical (unpaired) electrons. The first-order valence-electron chi connectivity index (χ1n) is 11.9. The van der Waals surface area contributed by atoms with Gasteiger partial charge in [-0.3, -0.25) is 14.9 Å². The number of hydrogen-bond acceptors (Lipinski definition) is 3. The quantitative estimate of drug-likeness (QED) is 0.345. The summed E-state index contributed by atoms with van der Waals surface area (Å²) in [5.41, 5.74) is 7.19. The molecule has 5 nitrogen and oxygen atoms in total. The summed E-state index contributed by atoms with van der Waals surface area (Å²) in [6.45, 7) is 5.96. The number of imide groups is 1. The monoisotopic (exact) mass is 469 g/mol. The van der Waals surface area contributed by atoms with Crippen molar-refractivity contribution in [2.24, 2.45) is 5.92 Å². The second kappa shape index (κ2) is 12.5. The van der Waals surface area contributed by atoms with Gasteiger partial charge in [-0.1, -0.05) is 93.1 Å². The lowest BCUT2D eigenvalue weighted by molar-refractivity contribution is -0.125. The first-order chi connectivity index (χ1) is 16.9. The largest absolute Gasteiger partial charge is 0.478 e. The molecule has 1 aliphatic carbocycles. The first-order valence-corrected chi connectivity index (χ1v) is 11.9. The maximum Gasteiger partial charge on any atom is 0.335 e. The minimum atomic E-state index is -0.879. The van der Waals surface area contributed by atoms with Gasteiger partial charge in [0.05, 0.1) is 5.56 Å². The fourth-order valence-electron chi connectivity index (χ4n) is 4.26. The summed E-state index contributed by atoms with van der Waals surface area (Å²) in [7, 11) is 0. The van der Waals surface area contributed by atoms with Gasteiger partial charge in [-0.15, -0.1) is 0 Å². The third-order valence-corrected chi connectivity index (χ3v) is 6.06. The van der Waals surface area contributed by atoms with Gasteiger partial charge in [0.25, 0.3) is 0 Å². The lowest BCUT2D eigenvalue weighted by Crippen LogP contribution is -2.21. The Balaban J connectivity index is 0.000000153. The normalized spacial score (nSPS) is 14.9. The summed E-state index contributed by atoms with van der Waals surface area (Å²) in [4.78, 5) is 31.9. The number of hydrogen-bond donors (Lipinski definition) is 2. The molecule has 0 aromatic heterocycles. The molecule has 0 spiro atoms. The van der Waals surface area contributed by atoms with Crippen LogP contribution in [0.3, 0.4) is 0 Å². The highest BCUT2D eigenvalue weighted by molar-refractivity contribution is 6.03. The number of carbonyl (C=O) groups excluding carboxylic acids is 2. The zero-order chi connectivity index (χ0) is 25.2. The van der Waals surface area contributed by atoms with Crippen LogP contribution in [-0.4, -0.2) is 22.9 Å². The highest BCUT2D eigenvalue weighted by Crippen LogP contribution is 2.38. The second-order valence-electron chi connectivity index (χ2n) is 8.55. The predicted molar refractivity (Wildman–Crippen MR) is 139 cm³/mol. The zero-order valence-electron chi connectivity index (χ0n) is 20.0. The van der Waals surface area contributed by atoms with Crippen LogP contribution in [0.2, 0.25) is 0 Å². The number of carboxylic acid groups (broad SMARTS) is 1. The van der Waals surface area contributed by atoms with Crippen molar-refractivity contribution in [2.45, 2.75) is 39.0 Å². The first kappa shape index (κ1) is 25.6. The Labute approximate surface area is 206 Å². The van der Waals surface area contributed by atoms with Gasteiger partial charge in [0.2, 0.25) is 11.8 Å². The molecule has 3 aromatic carbocycles. The van der Waals surface area contributed by atoms with Crippen molar-refractivity contribution < 1.29 is 19.5 Å². The minimum Gasteiger partial charge on any atom is -0.478 e. The van der Waals surface area contributed by atoms with Gasteiger partial charge in [0.15, 0.2) is 0 Å². The van der Waals surface area contributed by atoms with Gasteiger partial charge in [-0.25, -0.2) is 4.79 Å². The molecule has 1 fully saturated rings. The van der Waals surface area contributed by atoms with E-state index in [0.29, 0.717) is 12.0 Å². The average Bonchev–Trinajstić information content (AvgIpc) is 3.42. The molecule has 0 saturated carbocycles. The molecule has 5 rings (SSSR count). The molecule has 5 heteroatoms. The van der Waals surface area contributed by atoms with Crippen LogP contribution < -0.4 is 5.32 Å². The van der Waals surface area contributed by atoms with E-state index in [2.05, 4.69) is 61.3 Å². The molecule has 2 aliphatic rings.